The summed E-state index contributed by atoms with van der Waals surface area (Å²) < 4.78 is 7.13. The Kier molecular flexibility index (Phi) is 5.64. The molecule has 2 heterocycles. The van der Waals surface area contributed by atoms with Crippen LogP contribution in [0.25, 0.3) is 11.3 Å². The largest absolute Gasteiger partial charge is 0.451 e. The fraction of sp³-hybridized carbons (Fsp3) is 0.217. The number of oxazole rings is 1. The third-order valence-electron chi connectivity index (χ3n) is 4.93. The molecule has 142 valence electrons. The average molecular weight is 373 g/mol. The predicted octanol–water partition coefficient (Wildman–Crippen LogP) is 4.64. The third-order valence-corrected chi connectivity index (χ3v) is 4.93. The van der Waals surface area contributed by atoms with Gasteiger partial charge in [-0.25, -0.2) is 9.97 Å². The summed E-state index contributed by atoms with van der Waals surface area (Å²) in [6.07, 6.45) is 8.53. The number of aryl methyl sites for hydroxylation is 1. The minimum absolute atomic E-state index is 0.537. The summed E-state index contributed by atoms with van der Waals surface area (Å²) >= 11 is 0. The van der Waals surface area contributed by atoms with Gasteiger partial charge in [-0.1, -0.05) is 54.6 Å². The standard InChI is InChI=1S/C23H23N3O2/c27-23(22-13-24-16-26(22)14-18-7-2-1-3-8-18)12-6-10-19-9-4-5-11-20(19)21-15-28-17-25-21/h1-5,7-9,11,13,15-17,23,27H,6,10,12,14H2. The van der Waals surface area contributed by atoms with E-state index in [1.807, 2.05) is 34.9 Å². The van der Waals surface area contributed by atoms with Gasteiger partial charge in [-0.2, -0.15) is 0 Å². The number of aliphatic hydroxyl groups excluding tert-OH is 1. The van der Waals surface area contributed by atoms with Crippen LogP contribution in [0.2, 0.25) is 0 Å². The van der Waals surface area contributed by atoms with Gasteiger partial charge in [0, 0.05) is 12.1 Å². The molecule has 0 aliphatic heterocycles. The van der Waals surface area contributed by atoms with Crippen LogP contribution in [-0.4, -0.2) is 19.6 Å². The SMILES string of the molecule is OC(CCCc1ccccc1-c1cocn1)c1cncn1Cc1ccccc1. The van der Waals surface area contributed by atoms with Crippen LogP contribution >= 0.6 is 0 Å². The second-order valence-corrected chi connectivity index (χ2v) is 6.87. The fourth-order valence-electron chi connectivity index (χ4n) is 3.49. The van der Waals surface area contributed by atoms with E-state index >= 15 is 0 Å². The van der Waals surface area contributed by atoms with E-state index < -0.39 is 6.10 Å². The summed E-state index contributed by atoms with van der Waals surface area (Å²) in [6, 6.07) is 18.4. The molecule has 1 atom stereocenters. The van der Waals surface area contributed by atoms with Gasteiger partial charge in [0.15, 0.2) is 6.39 Å². The molecule has 5 heteroatoms. The number of benzene rings is 2. The van der Waals surface area contributed by atoms with E-state index in [-0.39, 0.29) is 0 Å². The fourth-order valence-corrected chi connectivity index (χ4v) is 3.49. The lowest BCUT2D eigenvalue weighted by atomic mass is 9.98. The van der Waals surface area contributed by atoms with Crippen molar-refractivity contribution < 1.29 is 9.52 Å². The Morgan fingerprint density at radius 3 is 2.68 bits per heavy atom. The zero-order valence-corrected chi connectivity index (χ0v) is 15.6. The van der Waals surface area contributed by atoms with Crippen LogP contribution < -0.4 is 0 Å². The van der Waals surface area contributed by atoms with E-state index in [2.05, 4.69) is 34.2 Å². The maximum atomic E-state index is 10.7. The lowest BCUT2D eigenvalue weighted by Gasteiger charge is -2.14. The smallest absolute Gasteiger partial charge is 0.181 e. The quantitative estimate of drug-likeness (QED) is 0.489. The lowest BCUT2D eigenvalue weighted by molar-refractivity contribution is 0.156. The molecule has 0 amide bonds. The minimum Gasteiger partial charge on any atom is -0.451 e. The van der Waals surface area contributed by atoms with Crippen molar-refractivity contribution in [1.82, 2.24) is 14.5 Å². The Bertz CT molecular complexity index is 994. The Morgan fingerprint density at radius 1 is 1.04 bits per heavy atom. The summed E-state index contributed by atoms with van der Waals surface area (Å²) in [6.45, 7) is 0.711. The normalized spacial score (nSPS) is 12.2. The molecule has 0 spiro atoms. The van der Waals surface area contributed by atoms with Gasteiger partial charge >= 0.3 is 0 Å². The Morgan fingerprint density at radius 2 is 1.86 bits per heavy atom. The van der Waals surface area contributed by atoms with Gasteiger partial charge in [0.25, 0.3) is 0 Å². The second-order valence-electron chi connectivity index (χ2n) is 6.87. The first-order chi connectivity index (χ1) is 13.8. The Labute approximate surface area is 164 Å². The van der Waals surface area contributed by atoms with Crippen LogP contribution in [0.15, 0.2) is 84.2 Å². The highest BCUT2D eigenvalue weighted by atomic mass is 16.3. The van der Waals surface area contributed by atoms with Crippen molar-refractivity contribution in [3.8, 4) is 11.3 Å². The van der Waals surface area contributed by atoms with Crippen LogP contribution in [-0.2, 0) is 13.0 Å². The molecule has 1 unspecified atom stereocenters. The summed E-state index contributed by atoms with van der Waals surface area (Å²) in [5, 5.41) is 10.7. The van der Waals surface area contributed by atoms with Crippen LogP contribution in [0, 0.1) is 0 Å². The summed E-state index contributed by atoms with van der Waals surface area (Å²) in [4.78, 5) is 8.49. The first-order valence-corrected chi connectivity index (χ1v) is 9.50. The molecule has 4 rings (SSSR count). The summed E-state index contributed by atoms with van der Waals surface area (Å²) in [7, 11) is 0. The molecule has 0 bridgehead atoms. The average Bonchev–Trinajstić information content (AvgIpc) is 3.41. The van der Waals surface area contributed by atoms with Crippen LogP contribution in [0.4, 0.5) is 0 Å². The molecule has 2 aromatic carbocycles. The van der Waals surface area contributed by atoms with Crippen molar-refractivity contribution in [2.45, 2.75) is 31.9 Å². The van der Waals surface area contributed by atoms with Crippen molar-refractivity contribution in [2.75, 3.05) is 0 Å². The molecule has 2 aromatic heterocycles. The van der Waals surface area contributed by atoms with Crippen LogP contribution in [0.3, 0.4) is 0 Å². The first-order valence-electron chi connectivity index (χ1n) is 9.50. The first kappa shape index (κ1) is 18.2. The van der Waals surface area contributed by atoms with Crippen molar-refractivity contribution in [2.24, 2.45) is 0 Å². The van der Waals surface area contributed by atoms with Crippen molar-refractivity contribution in [3.63, 3.8) is 0 Å². The van der Waals surface area contributed by atoms with Crippen molar-refractivity contribution >= 4 is 0 Å². The molecular weight excluding hydrogens is 350 g/mol. The van der Waals surface area contributed by atoms with E-state index in [9.17, 15) is 5.11 Å². The third kappa shape index (κ3) is 4.21. The van der Waals surface area contributed by atoms with Gasteiger partial charge in [0.2, 0.25) is 0 Å². The molecule has 5 nitrogen and oxygen atoms in total. The molecular formula is C23H23N3O2. The van der Waals surface area contributed by atoms with Gasteiger partial charge in [-0.3, -0.25) is 0 Å². The maximum absolute atomic E-state index is 10.7. The number of aliphatic hydroxyl groups is 1. The zero-order chi connectivity index (χ0) is 19.2. The number of aromatic nitrogens is 3. The van der Waals surface area contributed by atoms with E-state index in [0.717, 1.165) is 29.8 Å². The molecule has 0 aliphatic carbocycles. The van der Waals surface area contributed by atoms with Gasteiger partial charge in [0.1, 0.15) is 12.0 Å². The van der Waals surface area contributed by atoms with E-state index in [1.165, 1.54) is 17.5 Å². The molecule has 1 N–H and O–H groups in total. The molecule has 4 aromatic rings. The second kappa shape index (κ2) is 8.67. The number of hydrogen-bond acceptors (Lipinski definition) is 4. The molecule has 0 saturated heterocycles. The van der Waals surface area contributed by atoms with Gasteiger partial charge in [-0.15, -0.1) is 0 Å². The van der Waals surface area contributed by atoms with Crippen molar-refractivity contribution in [1.29, 1.82) is 0 Å². The van der Waals surface area contributed by atoms with E-state index in [1.54, 1.807) is 18.8 Å². The van der Waals surface area contributed by atoms with Crippen LogP contribution in [0.5, 0.6) is 0 Å². The van der Waals surface area contributed by atoms with Crippen LogP contribution in [0.1, 0.15) is 35.8 Å². The molecule has 0 fully saturated rings. The number of nitrogens with zero attached hydrogens (tertiary/aromatic N) is 3. The molecule has 0 aliphatic rings. The highest BCUT2D eigenvalue weighted by Crippen LogP contribution is 2.25. The zero-order valence-electron chi connectivity index (χ0n) is 15.6. The monoisotopic (exact) mass is 373 g/mol. The molecule has 28 heavy (non-hydrogen) atoms. The number of rotatable bonds is 8. The lowest BCUT2D eigenvalue weighted by Crippen LogP contribution is -2.08. The minimum atomic E-state index is -0.537. The highest BCUT2D eigenvalue weighted by molar-refractivity contribution is 5.62. The van der Waals surface area contributed by atoms with Crippen molar-refractivity contribution in [3.05, 3.63) is 96.6 Å². The van der Waals surface area contributed by atoms with E-state index in [4.69, 9.17) is 4.42 Å². The van der Waals surface area contributed by atoms with E-state index in [0.29, 0.717) is 13.0 Å². The van der Waals surface area contributed by atoms with Gasteiger partial charge < -0.3 is 14.1 Å². The Hall–Kier alpha value is -3.18. The summed E-state index contributed by atoms with van der Waals surface area (Å²) in [5.74, 6) is 0. The predicted molar refractivity (Wildman–Crippen MR) is 108 cm³/mol. The number of imidazole rings is 1. The molecule has 0 saturated carbocycles. The molecule has 0 radical (unpaired) electrons. The Balaban J connectivity index is 1.39. The number of hydrogen-bond donors (Lipinski definition) is 1. The topological polar surface area (TPSA) is 64.1 Å². The maximum Gasteiger partial charge on any atom is 0.181 e. The highest BCUT2D eigenvalue weighted by Gasteiger charge is 2.14. The van der Waals surface area contributed by atoms with Gasteiger partial charge in [0.05, 0.1) is 24.3 Å². The van der Waals surface area contributed by atoms with Gasteiger partial charge in [-0.05, 0) is 30.4 Å². The summed E-state index contributed by atoms with van der Waals surface area (Å²) in [5.41, 5.74) is 5.18.